The number of hydrogen-bond acceptors (Lipinski definition) is 5. The number of nitrogens with zero attached hydrogens (tertiary/aromatic N) is 1. The molecule has 0 radical (unpaired) electrons. The van der Waals surface area contributed by atoms with Crippen LogP contribution in [0.1, 0.15) is 5.56 Å². The molecule has 0 atom stereocenters. The molecular weight excluding hydrogens is 226 g/mol. The number of carboxylic acid groups (broad SMARTS) is 1. The van der Waals surface area contributed by atoms with Crippen molar-refractivity contribution in [2.75, 3.05) is 20.8 Å². The number of hydrogen-bond donors (Lipinski definition) is 1. The lowest BCUT2D eigenvalue weighted by molar-refractivity contribution is -0.142. The van der Waals surface area contributed by atoms with Crippen LogP contribution < -0.4 is 9.47 Å². The van der Waals surface area contributed by atoms with Crippen LogP contribution in [0, 0.1) is 0 Å². The van der Waals surface area contributed by atoms with Crippen LogP contribution in [0.15, 0.2) is 23.4 Å². The van der Waals surface area contributed by atoms with E-state index in [1.54, 1.807) is 18.2 Å². The highest BCUT2D eigenvalue weighted by Crippen LogP contribution is 2.21. The molecule has 6 nitrogen and oxygen atoms in total. The summed E-state index contributed by atoms with van der Waals surface area (Å²) >= 11 is 0. The molecule has 0 aliphatic heterocycles. The zero-order valence-corrected chi connectivity index (χ0v) is 9.54. The van der Waals surface area contributed by atoms with Crippen LogP contribution in [0.4, 0.5) is 0 Å². The minimum absolute atomic E-state index is 0.475. The smallest absolute Gasteiger partial charge is 0.344 e. The van der Waals surface area contributed by atoms with E-state index >= 15 is 0 Å². The molecule has 17 heavy (non-hydrogen) atoms. The Balaban J connectivity index is 2.72. The SMILES string of the molecule is COc1cc(/C=N/OCC(=O)O)cc(OC)c1. The molecule has 0 saturated heterocycles. The highest BCUT2D eigenvalue weighted by atomic mass is 16.6. The number of ether oxygens (including phenoxy) is 2. The Morgan fingerprint density at radius 2 is 1.88 bits per heavy atom. The number of rotatable bonds is 6. The minimum atomic E-state index is -1.08. The van der Waals surface area contributed by atoms with E-state index in [1.807, 2.05) is 0 Å². The molecule has 0 saturated carbocycles. The van der Waals surface area contributed by atoms with Crippen LogP contribution in [0.2, 0.25) is 0 Å². The first-order valence-corrected chi connectivity index (χ1v) is 4.76. The van der Waals surface area contributed by atoms with Crippen molar-refractivity contribution < 1.29 is 24.2 Å². The van der Waals surface area contributed by atoms with E-state index in [0.717, 1.165) is 0 Å². The molecule has 0 aliphatic rings. The summed E-state index contributed by atoms with van der Waals surface area (Å²) in [6.07, 6.45) is 1.38. The maximum absolute atomic E-state index is 10.2. The van der Waals surface area contributed by atoms with Gasteiger partial charge >= 0.3 is 5.97 Å². The minimum Gasteiger partial charge on any atom is -0.497 e. The summed E-state index contributed by atoms with van der Waals surface area (Å²) < 4.78 is 10.1. The molecule has 1 N–H and O–H groups in total. The Morgan fingerprint density at radius 1 is 1.29 bits per heavy atom. The van der Waals surface area contributed by atoms with Gasteiger partial charge in [0.05, 0.1) is 20.4 Å². The molecule has 0 bridgehead atoms. The highest BCUT2D eigenvalue weighted by Gasteiger charge is 2.00. The van der Waals surface area contributed by atoms with Crippen molar-refractivity contribution in [2.24, 2.45) is 5.16 Å². The Hall–Kier alpha value is -2.24. The van der Waals surface area contributed by atoms with Crippen LogP contribution in [-0.4, -0.2) is 38.1 Å². The quantitative estimate of drug-likeness (QED) is 0.595. The average Bonchev–Trinajstić information content (AvgIpc) is 2.34. The van der Waals surface area contributed by atoms with E-state index in [-0.39, 0.29) is 0 Å². The van der Waals surface area contributed by atoms with Crippen molar-refractivity contribution in [1.29, 1.82) is 0 Å². The van der Waals surface area contributed by atoms with Crippen molar-refractivity contribution in [3.05, 3.63) is 23.8 Å². The number of methoxy groups -OCH3 is 2. The highest BCUT2D eigenvalue weighted by molar-refractivity contribution is 5.80. The molecule has 92 valence electrons. The van der Waals surface area contributed by atoms with Crippen LogP contribution in [0.25, 0.3) is 0 Å². The third-order valence-electron chi connectivity index (χ3n) is 1.84. The van der Waals surface area contributed by atoms with E-state index in [2.05, 4.69) is 9.99 Å². The summed E-state index contributed by atoms with van der Waals surface area (Å²) in [7, 11) is 3.08. The standard InChI is InChI=1S/C11H13NO5/c1-15-9-3-8(4-10(5-9)16-2)6-12-17-7-11(13)14/h3-6H,7H2,1-2H3,(H,13,14)/b12-6+. The molecule has 0 aromatic heterocycles. The Morgan fingerprint density at radius 3 is 2.35 bits per heavy atom. The maximum atomic E-state index is 10.2. The van der Waals surface area contributed by atoms with Crippen LogP contribution in [0.3, 0.4) is 0 Å². The lowest BCUT2D eigenvalue weighted by Crippen LogP contribution is -2.03. The topological polar surface area (TPSA) is 77.4 Å². The predicted molar refractivity (Wildman–Crippen MR) is 60.7 cm³/mol. The Kier molecular flexibility index (Phi) is 4.80. The third kappa shape index (κ3) is 4.42. The van der Waals surface area contributed by atoms with E-state index in [0.29, 0.717) is 17.1 Å². The van der Waals surface area contributed by atoms with Gasteiger partial charge in [-0.25, -0.2) is 4.79 Å². The predicted octanol–water partition coefficient (Wildman–Crippen LogP) is 1.14. The molecule has 1 rings (SSSR count). The molecule has 6 heteroatoms. The van der Waals surface area contributed by atoms with Gasteiger partial charge in [0.15, 0.2) is 0 Å². The second-order valence-electron chi connectivity index (χ2n) is 3.05. The molecule has 0 aliphatic carbocycles. The molecule has 0 unspecified atom stereocenters. The number of oxime groups is 1. The van der Waals surface area contributed by atoms with Gasteiger partial charge < -0.3 is 19.4 Å². The molecule has 1 aromatic rings. The number of carboxylic acids is 1. The summed E-state index contributed by atoms with van der Waals surface area (Å²) in [4.78, 5) is 14.7. The second-order valence-corrected chi connectivity index (χ2v) is 3.05. The van der Waals surface area contributed by atoms with Gasteiger partial charge in [-0.15, -0.1) is 0 Å². The summed E-state index contributed by atoms with van der Waals surface area (Å²) in [6, 6.07) is 5.15. The van der Waals surface area contributed by atoms with Crippen molar-refractivity contribution >= 4 is 12.2 Å². The van der Waals surface area contributed by atoms with E-state index in [4.69, 9.17) is 14.6 Å². The van der Waals surface area contributed by atoms with Gasteiger partial charge in [-0.3, -0.25) is 0 Å². The van der Waals surface area contributed by atoms with Gasteiger partial charge in [-0.1, -0.05) is 5.16 Å². The van der Waals surface area contributed by atoms with E-state index in [1.165, 1.54) is 20.4 Å². The lowest BCUT2D eigenvalue weighted by Gasteiger charge is -2.05. The summed E-state index contributed by atoms with van der Waals surface area (Å²) in [6.45, 7) is -0.475. The van der Waals surface area contributed by atoms with Crippen LogP contribution >= 0.6 is 0 Å². The molecule has 0 spiro atoms. The molecular formula is C11H13NO5. The first-order valence-electron chi connectivity index (χ1n) is 4.76. The number of carbonyl (C=O) groups is 1. The van der Waals surface area contributed by atoms with Gasteiger partial charge in [0.25, 0.3) is 0 Å². The van der Waals surface area contributed by atoms with Gasteiger partial charge in [0, 0.05) is 11.6 Å². The van der Waals surface area contributed by atoms with Gasteiger partial charge in [0.1, 0.15) is 11.5 Å². The zero-order chi connectivity index (χ0) is 12.7. The number of aliphatic carboxylic acids is 1. The van der Waals surface area contributed by atoms with Crippen molar-refractivity contribution in [3.8, 4) is 11.5 Å². The molecule has 0 heterocycles. The van der Waals surface area contributed by atoms with Gasteiger partial charge in [0.2, 0.25) is 6.61 Å². The summed E-state index contributed by atoms with van der Waals surface area (Å²) in [5.74, 6) is 0.151. The molecule has 0 amide bonds. The Labute approximate surface area is 98.4 Å². The fourth-order valence-corrected chi connectivity index (χ4v) is 1.09. The van der Waals surface area contributed by atoms with E-state index in [9.17, 15) is 4.79 Å². The first kappa shape index (κ1) is 12.8. The Bertz CT molecular complexity index is 394. The molecule has 1 aromatic carbocycles. The van der Waals surface area contributed by atoms with E-state index < -0.39 is 12.6 Å². The van der Waals surface area contributed by atoms with Crippen LogP contribution in [-0.2, 0) is 9.63 Å². The van der Waals surface area contributed by atoms with Gasteiger partial charge in [-0.05, 0) is 12.1 Å². The van der Waals surface area contributed by atoms with Gasteiger partial charge in [-0.2, -0.15) is 0 Å². The lowest BCUT2D eigenvalue weighted by atomic mass is 10.2. The fourth-order valence-electron chi connectivity index (χ4n) is 1.09. The zero-order valence-electron chi connectivity index (χ0n) is 9.54. The van der Waals surface area contributed by atoms with Crippen molar-refractivity contribution in [2.45, 2.75) is 0 Å². The number of benzene rings is 1. The third-order valence-corrected chi connectivity index (χ3v) is 1.84. The summed E-state index contributed by atoms with van der Waals surface area (Å²) in [5, 5.41) is 11.9. The van der Waals surface area contributed by atoms with Crippen LogP contribution in [0.5, 0.6) is 11.5 Å². The second kappa shape index (κ2) is 6.37. The normalized spacial score (nSPS) is 10.2. The monoisotopic (exact) mass is 239 g/mol. The molecule has 0 fully saturated rings. The van der Waals surface area contributed by atoms with Crippen molar-refractivity contribution in [3.63, 3.8) is 0 Å². The summed E-state index contributed by atoms with van der Waals surface area (Å²) in [5.41, 5.74) is 0.687. The fraction of sp³-hybridized carbons (Fsp3) is 0.273. The average molecular weight is 239 g/mol. The van der Waals surface area contributed by atoms with Crippen molar-refractivity contribution in [1.82, 2.24) is 0 Å². The maximum Gasteiger partial charge on any atom is 0.344 e. The first-order chi connectivity index (χ1) is 8.15. The largest absolute Gasteiger partial charge is 0.497 e.